The first-order valence-electron chi connectivity index (χ1n) is 6.43. The fourth-order valence-corrected chi connectivity index (χ4v) is 2.38. The van der Waals surface area contributed by atoms with E-state index >= 15 is 0 Å². The Morgan fingerprint density at radius 2 is 2.19 bits per heavy atom. The summed E-state index contributed by atoms with van der Waals surface area (Å²) in [6.07, 6.45) is 0.391. The number of hydrogen-bond donors (Lipinski definition) is 1. The van der Waals surface area contributed by atoms with Gasteiger partial charge in [0.25, 0.3) is 0 Å². The first-order valence-corrected chi connectivity index (χ1v) is 6.43. The van der Waals surface area contributed by atoms with Crippen LogP contribution in [0.25, 0.3) is 0 Å². The number of nitrogens with zero attached hydrogens (tertiary/aromatic N) is 2. The van der Waals surface area contributed by atoms with Gasteiger partial charge in [0.1, 0.15) is 0 Å². The van der Waals surface area contributed by atoms with Crippen molar-refractivity contribution in [1.29, 1.82) is 0 Å². The molecule has 0 saturated carbocycles. The molecule has 4 heteroatoms. The van der Waals surface area contributed by atoms with Gasteiger partial charge in [0.05, 0.1) is 12.7 Å². The lowest BCUT2D eigenvalue weighted by atomic mass is 10.1. The lowest BCUT2D eigenvalue weighted by Gasteiger charge is -2.41. The van der Waals surface area contributed by atoms with Gasteiger partial charge in [0.15, 0.2) is 0 Å². The molecule has 1 unspecified atom stereocenters. The van der Waals surface area contributed by atoms with Crippen LogP contribution in [0.2, 0.25) is 0 Å². The minimum Gasteiger partial charge on any atom is -0.374 e. The lowest BCUT2D eigenvalue weighted by Crippen LogP contribution is -2.59. The molecule has 1 atom stereocenters. The van der Waals surface area contributed by atoms with Crippen molar-refractivity contribution in [3.8, 4) is 0 Å². The third-order valence-corrected chi connectivity index (χ3v) is 3.78. The summed E-state index contributed by atoms with van der Waals surface area (Å²) in [7, 11) is 2.21. The van der Waals surface area contributed by atoms with Crippen LogP contribution in [0, 0.1) is 0 Å². The Balaban J connectivity index is 1.75. The zero-order chi connectivity index (χ0) is 11.5. The maximum absolute atomic E-state index is 5.84. The Bertz CT molecular complexity index is 218. The maximum Gasteiger partial charge on any atom is 0.0829 e. The molecular formula is C12H25N3O. The molecule has 0 spiro atoms. The van der Waals surface area contributed by atoms with E-state index in [9.17, 15) is 0 Å². The monoisotopic (exact) mass is 227 g/mol. The van der Waals surface area contributed by atoms with Crippen molar-refractivity contribution < 1.29 is 4.74 Å². The van der Waals surface area contributed by atoms with Crippen molar-refractivity contribution >= 4 is 0 Å². The Labute approximate surface area is 98.9 Å². The number of ether oxygens (including phenoxy) is 1. The molecule has 2 fully saturated rings. The van der Waals surface area contributed by atoms with Crippen molar-refractivity contribution in [3.05, 3.63) is 0 Å². The highest BCUT2D eigenvalue weighted by molar-refractivity contribution is 4.85. The van der Waals surface area contributed by atoms with E-state index in [-0.39, 0.29) is 0 Å². The molecule has 16 heavy (non-hydrogen) atoms. The van der Waals surface area contributed by atoms with E-state index < -0.39 is 0 Å². The van der Waals surface area contributed by atoms with Crippen molar-refractivity contribution in [2.24, 2.45) is 0 Å². The molecule has 2 aliphatic heterocycles. The van der Waals surface area contributed by atoms with E-state index in [1.54, 1.807) is 0 Å². The summed E-state index contributed by atoms with van der Waals surface area (Å²) in [5.74, 6) is 0. The molecule has 0 aromatic rings. The minimum absolute atomic E-state index is 0.391. The van der Waals surface area contributed by atoms with Gasteiger partial charge in [0, 0.05) is 44.8 Å². The van der Waals surface area contributed by atoms with E-state index in [2.05, 4.69) is 36.0 Å². The van der Waals surface area contributed by atoms with Gasteiger partial charge in [-0.15, -0.1) is 0 Å². The zero-order valence-corrected chi connectivity index (χ0v) is 10.8. The summed E-state index contributed by atoms with van der Waals surface area (Å²) in [5, 5.41) is 3.31. The van der Waals surface area contributed by atoms with Crippen LogP contribution in [0.15, 0.2) is 0 Å². The smallest absolute Gasteiger partial charge is 0.0829 e. The van der Waals surface area contributed by atoms with E-state index in [1.807, 2.05) is 0 Å². The molecular weight excluding hydrogens is 202 g/mol. The average Bonchev–Trinajstić information content (AvgIpc) is 2.15. The van der Waals surface area contributed by atoms with E-state index in [1.165, 1.54) is 0 Å². The number of rotatable bonds is 4. The highest BCUT2D eigenvalue weighted by Crippen LogP contribution is 2.11. The van der Waals surface area contributed by atoms with Crippen molar-refractivity contribution in [2.45, 2.75) is 32.0 Å². The molecule has 2 heterocycles. The minimum atomic E-state index is 0.391. The Morgan fingerprint density at radius 3 is 2.75 bits per heavy atom. The second kappa shape index (κ2) is 5.45. The number of hydrogen-bond acceptors (Lipinski definition) is 4. The molecule has 1 N–H and O–H groups in total. The van der Waals surface area contributed by atoms with Crippen LogP contribution in [-0.2, 0) is 4.74 Å². The molecule has 2 saturated heterocycles. The quantitative estimate of drug-likeness (QED) is 0.731. The van der Waals surface area contributed by atoms with Crippen LogP contribution < -0.4 is 5.32 Å². The Kier molecular flexibility index (Phi) is 4.19. The topological polar surface area (TPSA) is 27.7 Å². The standard InChI is InChI=1S/C12H25N3O/c1-10(2)15-4-5-16-12(9-15)8-14(3)11-6-13-7-11/h10-13H,4-9H2,1-3H3. The van der Waals surface area contributed by atoms with E-state index in [0.29, 0.717) is 12.1 Å². The predicted octanol–water partition coefficient (Wildman–Crippen LogP) is -0.000800. The van der Waals surface area contributed by atoms with Gasteiger partial charge in [-0.3, -0.25) is 9.80 Å². The van der Waals surface area contributed by atoms with Gasteiger partial charge in [-0.05, 0) is 20.9 Å². The number of nitrogens with one attached hydrogen (secondary N) is 1. The van der Waals surface area contributed by atoms with Crippen LogP contribution >= 0.6 is 0 Å². The Hall–Kier alpha value is -0.160. The van der Waals surface area contributed by atoms with Gasteiger partial charge in [-0.1, -0.05) is 0 Å². The molecule has 0 amide bonds. The molecule has 0 radical (unpaired) electrons. The van der Waals surface area contributed by atoms with Gasteiger partial charge in [-0.25, -0.2) is 0 Å². The van der Waals surface area contributed by atoms with Gasteiger partial charge in [-0.2, -0.15) is 0 Å². The molecule has 4 nitrogen and oxygen atoms in total. The third-order valence-electron chi connectivity index (χ3n) is 3.78. The summed E-state index contributed by atoms with van der Waals surface area (Å²) < 4.78 is 5.84. The van der Waals surface area contributed by atoms with Gasteiger partial charge >= 0.3 is 0 Å². The normalized spacial score (nSPS) is 28.7. The van der Waals surface area contributed by atoms with Crippen molar-refractivity contribution in [3.63, 3.8) is 0 Å². The first kappa shape index (κ1) is 12.3. The fourth-order valence-electron chi connectivity index (χ4n) is 2.38. The highest BCUT2D eigenvalue weighted by atomic mass is 16.5. The lowest BCUT2D eigenvalue weighted by molar-refractivity contribution is -0.0556. The third kappa shape index (κ3) is 2.94. The SMILES string of the molecule is CC(C)N1CCOC(CN(C)C2CNC2)C1. The average molecular weight is 227 g/mol. The summed E-state index contributed by atoms with van der Waals surface area (Å²) in [6, 6.07) is 1.36. The van der Waals surface area contributed by atoms with Crippen LogP contribution in [0.5, 0.6) is 0 Å². The van der Waals surface area contributed by atoms with Crippen molar-refractivity contribution in [1.82, 2.24) is 15.1 Å². The Morgan fingerprint density at radius 1 is 1.44 bits per heavy atom. The second-order valence-corrected chi connectivity index (χ2v) is 5.33. The van der Waals surface area contributed by atoms with Gasteiger partial charge < -0.3 is 10.1 Å². The predicted molar refractivity (Wildman–Crippen MR) is 65.7 cm³/mol. The zero-order valence-electron chi connectivity index (χ0n) is 10.8. The van der Waals surface area contributed by atoms with Gasteiger partial charge in [0.2, 0.25) is 0 Å². The molecule has 0 aromatic carbocycles. The number of morpholine rings is 1. The largest absolute Gasteiger partial charge is 0.374 e. The second-order valence-electron chi connectivity index (χ2n) is 5.33. The van der Waals surface area contributed by atoms with Crippen LogP contribution in [-0.4, -0.2) is 74.4 Å². The summed E-state index contributed by atoms with van der Waals surface area (Å²) in [4.78, 5) is 4.95. The van der Waals surface area contributed by atoms with E-state index in [0.717, 1.165) is 45.4 Å². The highest BCUT2D eigenvalue weighted by Gasteiger charge is 2.27. The molecule has 2 rings (SSSR count). The summed E-state index contributed by atoms with van der Waals surface area (Å²) in [6.45, 7) is 10.9. The fraction of sp³-hybridized carbons (Fsp3) is 1.00. The number of likely N-dealkylation sites (N-methyl/N-ethyl adjacent to an activating group) is 1. The first-order chi connectivity index (χ1) is 7.66. The molecule has 0 aromatic heterocycles. The van der Waals surface area contributed by atoms with Crippen LogP contribution in [0.1, 0.15) is 13.8 Å². The summed E-state index contributed by atoms with van der Waals surface area (Å²) in [5.41, 5.74) is 0. The van der Waals surface area contributed by atoms with Crippen LogP contribution in [0.4, 0.5) is 0 Å². The summed E-state index contributed by atoms with van der Waals surface area (Å²) >= 11 is 0. The molecule has 0 aliphatic carbocycles. The van der Waals surface area contributed by atoms with Crippen LogP contribution in [0.3, 0.4) is 0 Å². The molecule has 0 bridgehead atoms. The molecule has 2 aliphatic rings. The molecule has 94 valence electrons. The van der Waals surface area contributed by atoms with Crippen molar-refractivity contribution in [2.75, 3.05) is 46.4 Å². The maximum atomic E-state index is 5.84. The van der Waals surface area contributed by atoms with E-state index in [4.69, 9.17) is 4.74 Å².